The number of nitrogens with one attached hydrogen (secondary N) is 1. The third-order valence-corrected chi connectivity index (χ3v) is 3.67. The van der Waals surface area contributed by atoms with Crippen LogP contribution in [0.1, 0.15) is 0 Å². The second-order valence-electron chi connectivity index (χ2n) is 4.79. The van der Waals surface area contributed by atoms with Crippen molar-refractivity contribution >= 4 is 38.4 Å². The minimum atomic E-state index is 0.950. The van der Waals surface area contributed by atoms with Crippen LogP contribution >= 0.6 is 0 Å². The summed E-state index contributed by atoms with van der Waals surface area (Å²) in [4.78, 5) is 9.31. The van der Waals surface area contributed by atoms with Gasteiger partial charge in [-0.3, -0.25) is 4.98 Å². The van der Waals surface area contributed by atoms with Crippen molar-refractivity contribution < 1.29 is 0 Å². The molecule has 0 atom stereocenters. The first kappa shape index (κ1) is 11.2. The average Bonchev–Trinajstić information content (AvgIpc) is 2.52. The maximum Gasteiger partial charge on any atom is 0.0993 e. The fourth-order valence-corrected chi connectivity index (χ4v) is 2.76. The highest BCUT2D eigenvalue weighted by Crippen LogP contribution is 2.33. The number of aromatic nitrogens is 2. The third kappa shape index (κ3) is 1.46. The number of nitrogens with zero attached hydrogens (tertiary/aromatic N) is 2. The maximum absolute atomic E-state index is 4.81. The van der Waals surface area contributed by atoms with Crippen LogP contribution in [0.4, 0.5) is 5.69 Å². The summed E-state index contributed by atoms with van der Waals surface area (Å²) in [5, 5.41) is 6.67. The Morgan fingerprint density at radius 2 is 1.75 bits per heavy atom. The highest BCUT2D eigenvalue weighted by Gasteiger charge is 2.10. The van der Waals surface area contributed by atoms with Crippen molar-refractivity contribution in [1.82, 2.24) is 9.97 Å². The molecule has 0 radical (unpaired) electrons. The number of anilines is 1. The molecule has 0 saturated carbocycles. The molecular weight excluding hydrogens is 246 g/mol. The zero-order valence-corrected chi connectivity index (χ0v) is 11.1. The van der Waals surface area contributed by atoms with Gasteiger partial charge in [-0.25, -0.2) is 4.98 Å². The van der Waals surface area contributed by atoms with Crippen LogP contribution in [-0.2, 0) is 0 Å². The molecule has 0 aliphatic heterocycles. The molecule has 0 spiro atoms. The van der Waals surface area contributed by atoms with E-state index in [1.54, 1.807) is 0 Å². The predicted octanol–water partition coefficient (Wildman–Crippen LogP) is 3.98. The van der Waals surface area contributed by atoms with Crippen LogP contribution < -0.4 is 5.32 Å². The molecule has 3 heteroatoms. The van der Waals surface area contributed by atoms with E-state index in [1.807, 2.05) is 37.5 Å². The summed E-state index contributed by atoms with van der Waals surface area (Å²) in [6.45, 7) is 0. The highest BCUT2D eigenvalue weighted by atomic mass is 14.8. The van der Waals surface area contributed by atoms with Gasteiger partial charge in [0.05, 0.1) is 22.2 Å². The molecule has 2 heterocycles. The number of rotatable bonds is 1. The van der Waals surface area contributed by atoms with Crippen LogP contribution in [0.15, 0.2) is 54.7 Å². The van der Waals surface area contributed by atoms with Crippen LogP contribution in [0.2, 0.25) is 0 Å². The van der Waals surface area contributed by atoms with Crippen molar-refractivity contribution in [2.75, 3.05) is 12.4 Å². The van der Waals surface area contributed by atoms with Crippen molar-refractivity contribution in [1.29, 1.82) is 0 Å². The SMILES string of the molecule is CNc1c2ccccc2nc2c1ccc1cccnc12. The molecule has 3 nitrogen and oxygen atoms in total. The van der Waals surface area contributed by atoms with Crippen LogP contribution in [0.5, 0.6) is 0 Å². The minimum Gasteiger partial charge on any atom is -0.387 e. The van der Waals surface area contributed by atoms with Crippen LogP contribution in [0, 0.1) is 0 Å². The lowest BCUT2D eigenvalue weighted by Crippen LogP contribution is -1.95. The van der Waals surface area contributed by atoms with Gasteiger partial charge in [-0.2, -0.15) is 0 Å². The molecule has 2 aromatic heterocycles. The summed E-state index contributed by atoms with van der Waals surface area (Å²) in [5.41, 5.74) is 4.00. The molecule has 96 valence electrons. The van der Waals surface area contributed by atoms with Gasteiger partial charge in [0.15, 0.2) is 0 Å². The van der Waals surface area contributed by atoms with Gasteiger partial charge in [0.2, 0.25) is 0 Å². The van der Waals surface area contributed by atoms with E-state index in [1.165, 1.54) is 0 Å². The van der Waals surface area contributed by atoms with Gasteiger partial charge in [0, 0.05) is 29.4 Å². The van der Waals surface area contributed by atoms with Gasteiger partial charge in [-0.15, -0.1) is 0 Å². The van der Waals surface area contributed by atoms with Gasteiger partial charge in [0.25, 0.3) is 0 Å². The Kier molecular flexibility index (Phi) is 2.33. The average molecular weight is 259 g/mol. The largest absolute Gasteiger partial charge is 0.387 e. The number of benzene rings is 2. The lowest BCUT2D eigenvalue weighted by molar-refractivity contribution is 1.40. The fraction of sp³-hybridized carbons (Fsp3) is 0.0588. The van der Waals surface area contributed by atoms with Crippen molar-refractivity contribution in [3.8, 4) is 0 Å². The monoisotopic (exact) mass is 259 g/mol. The molecule has 0 aliphatic rings. The van der Waals surface area contributed by atoms with Gasteiger partial charge < -0.3 is 5.32 Å². The molecular formula is C17H13N3. The molecule has 0 aliphatic carbocycles. The lowest BCUT2D eigenvalue weighted by atomic mass is 10.1. The minimum absolute atomic E-state index is 0.950. The molecule has 4 rings (SSSR count). The summed E-state index contributed by atoms with van der Waals surface area (Å²) in [6, 6.07) is 16.4. The summed E-state index contributed by atoms with van der Waals surface area (Å²) < 4.78 is 0. The molecule has 0 saturated heterocycles. The van der Waals surface area contributed by atoms with Crippen LogP contribution in [0.3, 0.4) is 0 Å². The van der Waals surface area contributed by atoms with E-state index < -0.39 is 0 Å². The Labute approximate surface area is 116 Å². The Hall–Kier alpha value is -2.68. The molecule has 1 N–H and O–H groups in total. The number of para-hydroxylation sites is 1. The summed E-state index contributed by atoms with van der Waals surface area (Å²) in [7, 11) is 1.95. The second-order valence-corrected chi connectivity index (χ2v) is 4.79. The first-order chi connectivity index (χ1) is 9.88. The van der Waals surface area contributed by atoms with E-state index in [2.05, 4.69) is 34.6 Å². The van der Waals surface area contributed by atoms with Crippen LogP contribution in [-0.4, -0.2) is 17.0 Å². The number of hydrogen-bond acceptors (Lipinski definition) is 3. The van der Waals surface area contributed by atoms with Crippen molar-refractivity contribution in [3.63, 3.8) is 0 Å². The standard InChI is InChI=1S/C17H13N3/c1-18-16-12-6-2-3-7-14(12)20-17-13(16)9-8-11-5-4-10-19-15(11)17/h2-10H,1H3,(H,18,20). The molecule has 0 amide bonds. The number of pyridine rings is 2. The topological polar surface area (TPSA) is 37.8 Å². The predicted molar refractivity (Wildman–Crippen MR) is 84.1 cm³/mol. The zero-order chi connectivity index (χ0) is 13.5. The Morgan fingerprint density at radius 1 is 0.850 bits per heavy atom. The second kappa shape index (κ2) is 4.17. The van der Waals surface area contributed by atoms with Gasteiger partial charge in [0.1, 0.15) is 0 Å². The van der Waals surface area contributed by atoms with E-state index in [0.29, 0.717) is 0 Å². The zero-order valence-electron chi connectivity index (χ0n) is 11.1. The molecule has 0 fully saturated rings. The van der Waals surface area contributed by atoms with E-state index in [9.17, 15) is 0 Å². The summed E-state index contributed by atoms with van der Waals surface area (Å²) in [6.07, 6.45) is 1.82. The van der Waals surface area contributed by atoms with E-state index in [0.717, 1.165) is 38.4 Å². The van der Waals surface area contributed by atoms with Gasteiger partial charge in [-0.1, -0.05) is 30.3 Å². The third-order valence-electron chi connectivity index (χ3n) is 3.67. The molecule has 20 heavy (non-hydrogen) atoms. The summed E-state index contributed by atoms with van der Waals surface area (Å²) >= 11 is 0. The summed E-state index contributed by atoms with van der Waals surface area (Å²) in [5.74, 6) is 0. The number of fused-ring (bicyclic) bond motifs is 4. The van der Waals surface area contributed by atoms with E-state index in [-0.39, 0.29) is 0 Å². The van der Waals surface area contributed by atoms with E-state index >= 15 is 0 Å². The van der Waals surface area contributed by atoms with Gasteiger partial charge in [-0.05, 0) is 18.2 Å². The fourth-order valence-electron chi connectivity index (χ4n) is 2.76. The number of hydrogen-bond donors (Lipinski definition) is 1. The first-order valence-corrected chi connectivity index (χ1v) is 6.62. The lowest BCUT2D eigenvalue weighted by Gasteiger charge is -2.11. The normalized spacial score (nSPS) is 11.2. The van der Waals surface area contributed by atoms with Crippen molar-refractivity contribution in [3.05, 3.63) is 54.7 Å². The van der Waals surface area contributed by atoms with Crippen molar-refractivity contribution in [2.24, 2.45) is 0 Å². The Morgan fingerprint density at radius 3 is 2.65 bits per heavy atom. The smallest absolute Gasteiger partial charge is 0.0993 e. The van der Waals surface area contributed by atoms with Crippen molar-refractivity contribution in [2.45, 2.75) is 0 Å². The molecule has 2 aromatic carbocycles. The quantitative estimate of drug-likeness (QED) is 0.415. The Balaban J connectivity index is 2.30. The highest BCUT2D eigenvalue weighted by molar-refractivity contribution is 6.14. The molecule has 4 aromatic rings. The first-order valence-electron chi connectivity index (χ1n) is 6.62. The molecule has 0 unspecified atom stereocenters. The van der Waals surface area contributed by atoms with Gasteiger partial charge >= 0.3 is 0 Å². The molecule has 0 bridgehead atoms. The van der Waals surface area contributed by atoms with E-state index in [4.69, 9.17) is 4.98 Å². The van der Waals surface area contributed by atoms with Crippen LogP contribution in [0.25, 0.3) is 32.7 Å². The maximum atomic E-state index is 4.81. The Bertz CT molecular complexity index is 944.